The fraction of sp³-hybridized carbons (Fsp3) is 0.292. The van der Waals surface area contributed by atoms with Crippen molar-refractivity contribution in [3.05, 3.63) is 86.3 Å². The van der Waals surface area contributed by atoms with Gasteiger partial charge < -0.3 is 4.90 Å². The average molecular weight is 554 g/mol. The average Bonchev–Trinajstić information content (AvgIpc) is 3.19. The molecule has 0 saturated carbocycles. The van der Waals surface area contributed by atoms with Crippen molar-refractivity contribution in [2.75, 3.05) is 13.1 Å². The molecule has 0 atom stereocenters. The lowest BCUT2D eigenvalue weighted by molar-refractivity contribution is -0.132. The Kier molecular flexibility index (Phi) is 8.81. The third-order valence-electron chi connectivity index (χ3n) is 5.18. The van der Waals surface area contributed by atoms with Crippen LogP contribution in [0.4, 0.5) is 4.39 Å². The minimum Gasteiger partial charge on any atom is -0.332 e. The van der Waals surface area contributed by atoms with Crippen molar-refractivity contribution in [2.45, 2.75) is 38.3 Å². The Morgan fingerprint density at radius 3 is 2.27 bits per heavy atom. The minimum absolute atomic E-state index is 0.145. The summed E-state index contributed by atoms with van der Waals surface area (Å²) in [5, 5.41) is 1.96. The quantitative estimate of drug-likeness (QED) is 0.329. The van der Waals surface area contributed by atoms with Crippen LogP contribution < -0.4 is 0 Å². The van der Waals surface area contributed by atoms with E-state index in [4.69, 9.17) is 0 Å². The summed E-state index contributed by atoms with van der Waals surface area (Å²) in [5.74, 6) is -0.651. The second-order valence-electron chi connectivity index (χ2n) is 7.70. The molecule has 1 amide bonds. The number of aryl methyl sites for hydroxylation is 1. The molecule has 0 aliphatic heterocycles. The number of hydrogen-bond acceptors (Lipinski definition) is 4. The molecule has 5 nitrogen and oxygen atoms in total. The highest BCUT2D eigenvalue weighted by Gasteiger charge is 2.28. The molecule has 0 aliphatic carbocycles. The molecule has 0 N–H and O–H groups in total. The molecule has 0 aliphatic rings. The second-order valence-corrected chi connectivity index (χ2v) is 11.5. The Morgan fingerprint density at radius 2 is 1.70 bits per heavy atom. The van der Waals surface area contributed by atoms with E-state index >= 15 is 0 Å². The van der Waals surface area contributed by atoms with Gasteiger partial charge in [-0.3, -0.25) is 4.79 Å². The van der Waals surface area contributed by atoms with E-state index in [-0.39, 0.29) is 36.3 Å². The third kappa shape index (κ3) is 6.72. The van der Waals surface area contributed by atoms with E-state index in [1.165, 1.54) is 28.6 Å². The third-order valence-corrected chi connectivity index (χ3v) is 8.57. The summed E-state index contributed by atoms with van der Waals surface area (Å²) in [6.45, 7) is 4.44. The van der Waals surface area contributed by atoms with Crippen LogP contribution in [0, 0.1) is 12.7 Å². The molecule has 0 bridgehead atoms. The van der Waals surface area contributed by atoms with Crippen LogP contribution in [-0.4, -0.2) is 36.6 Å². The molecule has 0 unspecified atom stereocenters. The molecule has 0 spiro atoms. The number of nitrogens with zero attached hydrogens (tertiary/aromatic N) is 2. The van der Waals surface area contributed by atoms with E-state index in [1.807, 2.05) is 25.3 Å². The zero-order valence-electron chi connectivity index (χ0n) is 18.5. The fourth-order valence-corrected chi connectivity index (χ4v) is 5.99. The van der Waals surface area contributed by atoms with Crippen LogP contribution in [0.5, 0.6) is 0 Å². The Labute approximate surface area is 207 Å². The minimum atomic E-state index is -3.84. The van der Waals surface area contributed by atoms with Crippen LogP contribution >= 0.6 is 27.3 Å². The first-order chi connectivity index (χ1) is 15.7. The number of thiophene rings is 1. The first kappa shape index (κ1) is 25.6. The summed E-state index contributed by atoms with van der Waals surface area (Å²) in [4.78, 5) is 16.2. The Morgan fingerprint density at radius 1 is 1.03 bits per heavy atom. The van der Waals surface area contributed by atoms with Crippen LogP contribution in [0.1, 0.15) is 29.3 Å². The summed E-state index contributed by atoms with van der Waals surface area (Å²) in [7, 11) is -3.84. The van der Waals surface area contributed by atoms with Gasteiger partial charge in [-0.15, -0.1) is 11.3 Å². The van der Waals surface area contributed by atoms with Crippen molar-refractivity contribution in [3.63, 3.8) is 0 Å². The summed E-state index contributed by atoms with van der Waals surface area (Å²) < 4.78 is 41.9. The van der Waals surface area contributed by atoms with Crippen LogP contribution in [0.2, 0.25) is 0 Å². The number of amides is 1. The molecular formula is C24H26BrFN2O3S2. The molecule has 0 saturated heterocycles. The Balaban J connectivity index is 1.86. The Hall–Kier alpha value is -2.07. The monoisotopic (exact) mass is 552 g/mol. The first-order valence-corrected chi connectivity index (χ1v) is 13.6. The van der Waals surface area contributed by atoms with Gasteiger partial charge in [0.1, 0.15) is 5.82 Å². The lowest BCUT2D eigenvalue weighted by atomic mass is 10.2. The van der Waals surface area contributed by atoms with Crippen LogP contribution in [0.25, 0.3) is 0 Å². The van der Waals surface area contributed by atoms with E-state index in [1.54, 1.807) is 40.5 Å². The van der Waals surface area contributed by atoms with Crippen LogP contribution in [-0.2, 0) is 27.9 Å². The van der Waals surface area contributed by atoms with E-state index in [0.29, 0.717) is 13.0 Å². The number of halogens is 2. The zero-order valence-corrected chi connectivity index (χ0v) is 21.7. The van der Waals surface area contributed by atoms with Gasteiger partial charge >= 0.3 is 0 Å². The van der Waals surface area contributed by atoms with Crippen molar-refractivity contribution in [1.82, 2.24) is 9.21 Å². The second kappa shape index (κ2) is 11.4. The molecule has 1 aromatic heterocycles. The molecule has 9 heteroatoms. The lowest BCUT2D eigenvalue weighted by Gasteiger charge is -2.27. The predicted molar refractivity (Wildman–Crippen MR) is 133 cm³/mol. The smallest absolute Gasteiger partial charge is 0.243 e. The number of carbonyl (C=O) groups excluding carboxylic acids is 1. The van der Waals surface area contributed by atoms with Crippen LogP contribution in [0.15, 0.2) is 69.3 Å². The lowest BCUT2D eigenvalue weighted by Crippen LogP contribution is -2.42. The Bertz CT molecular complexity index is 1180. The van der Waals surface area contributed by atoms with Crippen molar-refractivity contribution in [2.24, 2.45) is 0 Å². The molecule has 0 fully saturated rings. The van der Waals surface area contributed by atoms with Gasteiger partial charge in [0.05, 0.1) is 18.0 Å². The maximum atomic E-state index is 13.4. The van der Waals surface area contributed by atoms with Crippen molar-refractivity contribution < 1.29 is 17.6 Å². The maximum absolute atomic E-state index is 13.4. The normalized spacial score (nSPS) is 11.7. The van der Waals surface area contributed by atoms with Gasteiger partial charge in [0.2, 0.25) is 15.9 Å². The highest BCUT2D eigenvalue weighted by molar-refractivity contribution is 9.10. The summed E-state index contributed by atoms with van der Waals surface area (Å²) in [6.07, 6.45) is 0.574. The van der Waals surface area contributed by atoms with E-state index < -0.39 is 10.0 Å². The van der Waals surface area contributed by atoms with Crippen LogP contribution in [0.3, 0.4) is 0 Å². The molecule has 3 aromatic rings. The van der Waals surface area contributed by atoms with Gasteiger partial charge in [0.25, 0.3) is 0 Å². The number of hydrogen-bond donors (Lipinski definition) is 0. The molecule has 1 heterocycles. The van der Waals surface area contributed by atoms with Gasteiger partial charge in [-0.05, 0) is 72.3 Å². The molecule has 0 radical (unpaired) electrons. The van der Waals surface area contributed by atoms with Crippen molar-refractivity contribution in [1.29, 1.82) is 0 Å². The predicted octanol–water partition coefficient (Wildman–Crippen LogP) is 5.59. The summed E-state index contributed by atoms with van der Waals surface area (Å²) in [5.41, 5.74) is 1.85. The van der Waals surface area contributed by atoms with Crippen molar-refractivity contribution >= 4 is 43.2 Å². The van der Waals surface area contributed by atoms with Gasteiger partial charge in [-0.2, -0.15) is 4.31 Å². The highest BCUT2D eigenvalue weighted by Crippen LogP contribution is 2.22. The van der Waals surface area contributed by atoms with Gasteiger partial charge in [-0.25, -0.2) is 12.8 Å². The van der Waals surface area contributed by atoms with E-state index in [2.05, 4.69) is 15.9 Å². The number of rotatable bonds is 10. The van der Waals surface area contributed by atoms with E-state index in [0.717, 1.165) is 20.5 Å². The van der Waals surface area contributed by atoms with Gasteiger partial charge in [0.15, 0.2) is 0 Å². The molecule has 2 aromatic carbocycles. The number of carbonyl (C=O) groups is 1. The molecular weight excluding hydrogens is 527 g/mol. The SMILES string of the molecule is CCCN(CC(=O)N(Cc1ccc(F)cc1)Cc1sccc1C)S(=O)(=O)c1ccc(Br)cc1. The summed E-state index contributed by atoms with van der Waals surface area (Å²) >= 11 is 4.87. The van der Waals surface area contributed by atoms with Gasteiger partial charge in [-0.1, -0.05) is 35.0 Å². The summed E-state index contributed by atoms with van der Waals surface area (Å²) in [6, 6.07) is 14.4. The number of benzene rings is 2. The topological polar surface area (TPSA) is 57.7 Å². The standard InChI is InChI=1S/C24H26BrFN2O3S2/c1-3-13-28(33(30,31)22-10-6-20(25)7-11-22)17-24(29)27(16-23-18(2)12-14-32-23)15-19-4-8-21(26)9-5-19/h4-12,14H,3,13,15-17H2,1-2H3. The van der Waals surface area contributed by atoms with E-state index in [9.17, 15) is 17.6 Å². The zero-order chi connectivity index (χ0) is 24.0. The maximum Gasteiger partial charge on any atom is 0.243 e. The first-order valence-electron chi connectivity index (χ1n) is 10.5. The molecule has 3 rings (SSSR count). The highest BCUT2D eigenvalue weighted by atomic mass is 79.9. The number of sulfonamides is 1. The van der Waals surface area contributed by atoms with Crippen molar-refractivity contribution in [3.8, 4) is 0 Å². The molecule has 33 heavy (non-hydrogen) atoms. The largest absolute Gasteiger partial charge is 0.332 e. The molecule has 176 valence electrons. The van der Waals surface area contributed by atoms with Gasteiger partial charge in [0, 0.05) is 22.4 Å². The fourth-order valence-electron chi connectivity index (χ4n) is 3.32.